The van der Waals surface area contributed by atoms with E-state index in [2.05, 4.69) is 20.7 Å². The summed E-state index contributed by atoms with van der Waals surface area (Å²) >= 11 is 0. The summed E-state index contributed by atoms with van der Waals surface area (Å²) in [6.45, 7) is 1.87. The van der Waals surface area contributed by atoms with Gasteiger partial charge in [0.1, 0.15) is 17.0 Å². The molecular weight excluding hydrogens is 499 g/mol. The van der Waals surface area contributed by atoms with Gasteiger partial charge >= 0.3 is 0 Å². The van der Waals surface area contributed by atoms with E-state index in [4.69, 9.17) is 4.74 Å². The number of hydrogen-bond acceptors (Lipinski definition) is 5. The van der Waals surface area contributed by atoms with E-state index in [9.17, 15) is 22.8 Å². The number of ether oxygens (including phenoxy) is 1. The standard InChI is InChI=1S/C27H22F3N5O3/c1-15-19(14-32-35(15)2)22-11-18(7-10-31-22)38-24-13-20(29)23(12-21(24)30)34-26(37)27(8-9-27)25(36)33-17-5-3-16(28)4-6-17/h3-7,10-14H,8-9H2,1-2H3,(H,33,36)(H,34,37). The number of nitrogens with zero attached hydrogens (tertiary/aromatic N) is 3. The zero-order chi connectivity index (χ0) is 27.0. The quantitative estimate of drug-likeness (QED) is 0.319. The lowest BCUT2D eigenvalue weighted by Gasteiger charge is -2.16. The highest BCUT2D eigenvalue weighted by Crippen LogP contribution is 2.47. The second-order valence-corrected chi connectivity index (χ2v) is 9.01. The highest BCUT2D eigenvalue weighted by Gasteiger charge is 2.56. The van der Waals surface area contributed by atoms with Crippen LogP contribution in [0.1, 0.15) is 18.5 Å². The Labute approximate surface area is 215 Å². The van der Waals surface area contributed by atoms with Crippen molar-refractivity contribution in [3.63, 3.8) is 0 Å². The van der Waals surface area contributed by atoms with Gasteiger partial charge in [-0.1, -0.05) is 0 Å². The van der Waals surface area contributed by atoms with E-state index in [1.165, 1.54) is 36.5 Å². The van der Waals surface area contributed by atoms with Gasteiger partial charge in [0.05, 0.1) is 17.6 Å². The Kier molecular flexibility index (Phi) is 6.35. The normalized spacial score (nSPS) is 13.6. The molecule has 4 aromatic rings. The molecule has 2 heterocycles. The fourth-order valence-corrected chi connectivity index (χ4v) is 3.91. The molecule has 0 bridgehead atoms. The maximum atomic E-state index is 14.9. The number of aromatic nitrogens is 3. The monoisotopic (exact) mass is 521 g/mol. The third kappa shape index (κ3) is 4.82. The van der Waals surface area contributed by atoms with Crippen LogP contribution in [-0.4, -0.2) is 26.6 Å². The van der Waals surface area contributed by atoms with Crippen molar-refractivity contribution in [1.82, 2.24) is 14.8 Å². The van der Waals surface area contributed by atoms with Gasteiger partial charge in [-0.3, -0.25) is 19.3 Å². The van der Waals surface area contributed by atoms with Gasteiger partial charge in [0.2, 0.25) is 11.8 Å². The van der Waals surface area contributed by atoms with Gasteiger partial charge in [-0.15, -0.1) is 0 Å². The summed E-state index contributed by atoms with van der Waals surface area (Å²) in [7, 11) is 1.79. The van der Waals surface area contributed by atoms with Gasteiger partial charge in [0, 0.05) is 48.4 Å². The number of aryl methyl sites for hydroxylation is 1. The van der Waals surface area contributed by atoms with Crippen LogP contribution in [-0.2, 0) is 16.6 Å². The molecule has 1 aliphatic carbocycles. The summed E-state index contributed by atoms with van der Waals surface area (Å²) in [6.07, 6.45) is 3.59. The lowest BCUT2D eigenvalue weighted by molar-refractivity contribution is -0.131. The third-order valence-electron chi connectivity index (χ3n) is 6.46. The topological polar surface area (TPSA) is 98.1 Å². The van der Waals surface area contributed by atoms with Crippen molar-refractivity contribution in [3.05, 3.63) is 84.1 Å². The lowest BCUT2D eigenvalue weighted by atomic mass is 10.0. The molecule has 0 spiro atoms. The van der Waals surface area contributed by atoms with Crippen molar-refractivity contribution in [3.8, 4) is 22.8 Å². The van der Waals surface area contributed by atoms with E-state index in [-0.39, 0.29) is 18.6 Å². The Morgan fingerprint density at radius 3 is 2.34 bits per heavy atom. The van der Waals surface area contributed by atoms with Gasteiger partial charge in [-0.25, -0.2) is 13.2 Å². The zero-order valence-corrected chi connectivity index (χ0v) is 20.4. The number of carbonyl (C=O) groups is 2. The predicted octanol–water partition coefficient (Wildman–Crippen LogP) is 5.36. The molecule has 1 aliphatic rings. The van der Waals surface area contributed by atoms with Crippen LogP contribution in [0.4, 0.5) is 24.5 Å². The molecule has 2 aromatic heterocycles. The molecule has 0 radical (unpaired) electrons. The summed E-state index contributed by atoms with van der Waals surface area (Å²) in [5, 5.41) is 9.04. The van der Waals surface area contributed by atoms with Crippen LogP contribution in [0.25, 0.3) is 11.3 Å². The number of carbonyl (C=O) groups excluding carboxylic acids is 2. The predicted molar refractivity (Wildman–Crippen MR) is 133 cm³/mol. The van der Waals surface area contributed by atoms with Crippen molar-refractivity contribution < 1.29 is 27.5 Å². The van der Waals surface area contributed by atoms with Crippen molar-refractivity contribution in [2.45, 2.75) is 19.8 Å². The minimum atomic E-state index is -1.43. The smallest absolute Gasteiger partial charge is 0.240 e. The first-order chi connectivity index (χ1) is 18.2. The Bertz CT molecular complexity index is 1550. The Morgan fingerprint density at radius 2 is 1.68 bits per heavy atom. The van der Waals surface area contributed by atoms with Crippen molar-refractivity contribution in [1.29, 1.82) is 0 Å². The first kappa shape index (κ1) is 25.0. The summed E-state index contributed by atoms with van der Waals surface area (Å²) in [4.78, 5) is 29.9. The number of benzene rings is 2. The highest BCUT2D eigenvalue weighted by atomic mass is 19.1. The minimum Gasteiger partial charge on any atom is -0.454 e. The second-order valence-electron chi connectivity index (χ2n) is 9.01. The van der Waals surface area contributed by atoms with Crippen LogP contribution >= 0.6 is 0 Å². The van der Waals surface area contributed by atoms with Crippen LogP contribution in [0.3, 0.4) is 0 Å². The molecule has 11 heteroatoms. The van der Waals surface area contributed by atoms with Crippen LogP contribution in [0.15, 0.2) is 60.9 Å². The van der Waals surface area contributed by atoms with Crippen LogP contribution < -0.4 is 15.4 Å². The van der Waals surface area contributed by atoms with Crippen LogP contribution in [0.2, 0.25) is 0 Å². The Balaban J connectivity index is 1.30. The largest absolute Gasteiger partial charge is 0.454 e. The molecule has 5 rings (SSSR count). The number of halogens is 3. The van der Waals surface area contributed by atoms with Crippen LogP contribution in [0.5, 0.6) is 11.5 Å². The summed E-state index contributed by atoms with van der Waals surface area (Å²) in [5.74, 6) is -3.88. The van der Waals surface area contributed by atoms with Crippen molar-refractivity contribution >= 4 is 23.2 Å². The average molecular weight is 521 g/mol. The molecule has 2 amide bonds. The van der Waals surface area contributed by atoms with Crippen molar-refractivity contribution in [2.75, 3.05) is 10.6 Å². The van der Waals surface area contributed by atoms with Gasteiger partial charge in [0.15, 0.2) is 17.4 Å². The summed E-state index contributed by atoms with van der Waals surface area (Å²) in [6, 6.07) is 9.75. The molecule has 194 valence electrons. The maximum absolute atomic E-state index is 14.9. The van der Waals surface area contributed by atoms with E-state index in [1.54, 1.807) is 24.0 Å². The molecule has 2 aromatic carbocycles. The molecule has 8 nitrogen and oxygen atoms in total. The molecule has 0 saturated heterocycles. The Hall–Kier alpha value is -4.67. The second kappa shape index (κ2) is 9.66. The van der Waals surface area contributed by atoms with Crippen molar-refractivity contribution in [2.24, 2.45) is 12.5 Å². The number of hydrogen-bond donors (Lipinski definition) is 2. The van der Waals surface area contributed by atoms with Gasteiger partial charge < -0.3 is 15.4 Å². The van der Waals surface area contributed by atoms with Gasteiger partial charge in [-0.05, 0) is 50.1 Å². The zero-order valence-electron chi connectivity index (χ0n) is 20.4. The van der Waals surface area contributed by atoms with Gasteiger partial charge in [0.25, 0.3) is 0 Å². The number of anilines is 2. The first-order valence-corrected chi connectivity index (χ1v) is 11.7. The number of amides is 2. The highest BCUT2D eigenvalue weighted by molar-refractivity contribution is 6.16. The molecular formula is C27H22F3N5O3. The Morgan fingerprint density at radius 1 is 0.974 bits per heavy atom. The summed E-state index contributed by atoms with van der Waals surface area (Å²) in [5.41, 5.74) is 0.636. The summed E-state index contributed by atoms with van der Waals surface area (Å²) < 4.78 is 50.1. The number of rotatable bonds is 7. The maximum Gasteiger partial charge on any atom is 0.240 e. The average Bonchev–Trinajstić information content (AvgIpc) is 3.64. The minimum absolute atomic E-state index is 0.225. The third-order valence-corrected chi connectivity index (χ3v) is 6.46. The lowest BCUT2D eigenvalue weighted by Crippen LogP contribution is -2.35. The van der Waals surface area contributed by atoms with E-state index in [0.29, 0.717) is 11.4 Å². The van der Waals surface area contributed by atoms with E-state index >= 15 is 0 Å². The number of nitrogens with one attached hydrogen (secondary N) is 2. The molecule has 1 fully saturated rings. The molecule has 1 saturated carbocycles. The molecule has 0 unspecified atom stereocenters. The van der Waals surface area contributed by atoms with E-state index in [1.807, 2.05) is 6.92 Å². The SMILES string of the molecule is Cc1c(-c2cc(Oc3cc(F)c(NC(=O)C4(C(=O)Nc5ccc(F)cc5)CC4)cc3F)ccn2)cnn1C. The van der Waals surface area contributed by atoms with E-state index in [0.717, 1.165) is 23.4 Å². The number of pyridine rings is 1. The first-order valence-electron chi connectivity index (χ1n) is 11.7. The molecule has 38 heavy (non-hydrogen) atoms. The fourth-order valence-electron chi connectivity index (χ4n) is 3.91. The van der Waals surface area contributed by atoms with Crippen LogP contribution in [0, 0.1) is 29.8 Å². The molecule has 2 N–H and O–H groups in total. The van der Waals surface area contributed by atoms with Gasteiger partial charge in [-0.2, -0.15) is 5.10 Å². The molecule has 0 atom stereocenters. The molecule has 0 aliphatic heterocycles. The van der Waals surface area contributed by atoms with E-state index < -0.39 is 46.1 Å². The fraction of sp³-hybridized carbons (Fsp3) is 0.185.